The maximum atomic E-state index is 9.50. The fourth-order valence-corrected chi connectivity index (χ4v) is 2.76. The van der Waals surface area contributed by atoms with Crippen molar-refractivity contribution in [2.24, 2.45) is 0 Å². The maximum absolute atomic E-state index is 9.50. The molecule has 0 bridgehead atoms. The van der Waals surface area contributed by atoms with Crippen LogP contribution in [0, 0.1) is 0 Å². The van der Waals surface area contributed by atoms with E-state index in [9.17, 15) is 10.2 Å². The Morgan fingerprint density at radius 2 is 0.893 bits per heavy atom. The molecule has 28 heavy (non-hydrogen) atoms. The molecule has 0 aromatic carbocycles. The highest BCUT2D eigenvalue weighted by atomic mass is 16.3. The van der Waals surface area contributed by atoms with Crippen LogP contribution in [0.3, 0.4) is 0 Å². The average Bonchev–Trinajstić information content (AvgIpc) is 2.59. The SMILES string of the molecule is CC(O)CNCCNCCNCCNCCNCCN(CC(C)O)CC(C)O. The minimum absolute atomic E-state index is 0.288. The lowest BCUT2D eigenvalue weighted by molar-refractivity contribution is 0.0842. The Balaban J connectivity index is 3.30. The summed E-state index contributed by atoms with van der Waals surface area (Å²) in [7, 11) is 0. The zero-order valence-electron chi connectivity index (χ0n) is 18.2. The summed E-state index contributed by atoms with van der Waals surface area (Å²) in [6.45, 7) is 16.2. The first-order valence-electron chi connectivity index (χ1n) is 10.7. The Hall–Kier alpha value is -0.360. The lowest BCUT2D eigenvalue weighted by atomic mass is 10.3. The van der Waals surface area contributed by atoms with Gasteiger partial charge in [-0.05, 0) is 20.8 Å². The predicted octanol–water partition coefficient (Wildman–Crippen LogP) is -2.62. The fourth-order valence-electron chi connectivity index (χ4n) is 2.76. The van der Waals surface area contributed by atoms with Gasteiger partial charge in [0.1, 0.15) is 0 Å². The number of nitrogens with zero attached hydrogens (tertiary/aromatic N) is 1. The van der Waals surface area contributed by atoms with E-state index in [2.05, 4.69) is 31.5 Å². The first kappa shape index (κ1) is 27.6. The molecule has 0 heterocycles. The van der Waals surface area contributed by atoms with Crippen LogP contribution in [0.4, 0.5) is 0 Å². The molecule has 8 N–H and O–H groups in total. The summed E-state index contributed by atoms with van der Waals surface area (Å²) in [5.74, 6) is 0. The Morgan fingerprint density at radius 1 is 0.536 bits per heavy atom. The maximum Gasteiger partial charge on any atom is 0.0639 e. The van der Waals surface area contributed by atoms with Gasteiger partial charge in [-0.1, -0.05) is 0 Å². The van der Waals surface area contributed by atoms with Crippen LogP contribution >= 0.6 is 0 Å². The van der Waals surface area contributed by atoms with Crippen molar-refractivity contribution < 1.29 is 15.3 Å². The minimum atomic E-state index is -0.380. The fraction of sp³-hybridized carbons (Fsp3) is 1.00. The summed E-state index contributed by atoms with van der Waals surface area (Å²) >= 11 is 0. The topological polar surface area (TPSA) is 124 Å². The molecule has 170 valence electrons. The van der Waals surface area contributed by atoms with Crippen molar-refractivity contribution in [3.05, 3.63) is 0 Å². The van der Waals surface area contributed by atoms with Crippen LogP contribution in [0.1, 0.15) is 20.8 Å². The van der Waals surface area contributed by atoms with Gasteiger partial charge < -0.3 is 41.9 Å². The number of hydrogen-bond donors (Lipinski definition) is 8. The van der Waals surface area contributed by atoms with Gasteiger partial charge in [-0.3, -0.25) is 4.90 Å². The molecule has 0 aliphatic carbocycles. The van der Waals surface area contributed by atoms with Crippen LogP contribution in [0.2, 0.25) is 0 Å². The number of aliphatic hydroxyl groups excluding tert-OH is 3. The van der Waals surface area contributed by atoms with Crippen molar-refractivity contribution in [1.29, 1.82) is 0 Å². The first-order valence-corrected chi connectivity index (χ1v) is 10.7. The average molecular weight is 407 g/mol. The summed E-state index contributed by atoms with van der Waals surface area (Å²) in [6.07, 6.45) is -1.05. The molecule has 0 amide bonds. The highest BCUT2D eigenvalue weighted by Crippen LogP contribution is 1.94. The second-order valence-electron chi connectivity index (χ2n) is 7.51. The first-order chi connectivity index (χ1) is 13.4. The van der Waals surface area contributed by atoms with Crippen LogP contribution < -0.4 is 26.6 Å². The van der Waals surface area contributed by atoms with E-state index in [1.165, 1.54) is 0 Å². The zero-order valence-corrected chi connectivity index (χ0v) is 18.2. The predicted molar refractivity (Wildman–Crippen MR) is 116 cm³/mol. The van der Waals surface area contributed by atoms with Crippen molar-refractivity contribution in [2.75, 3.05) is 85.1 Å². The Morgan fingerprint density at radius 3 is 1.25 bits per heavy atom. The van der Waals surface area contributed by atoms with Crippen molar-refractivity contribution in [3.8, 4) is 0 Å². The smallest absolute Gasteiger partial charge is 0.0639 e. The highest BCUT2D eigenvalue weighted by Gasteiger charge is 2.10. The van der Waals surface area contributed by atoms with E-state index in [0.717, 1.165) is 65.4 Å². The summed E-state index contributed by atoms with van der Waals surface area (Å²) in [5, 5.41) is 44.8. The molecule has 3 unspecified atom stereocenters. The zero-order chi connectivity index (χ0) is 21.0. The van der Waals surface area contributed by atoms with Gasteiger partial charge in [0, 0.05) is 85.1 Å². The Kier molecular flexibility index (Phi) is 19.7. The van der Waals surface area contributed by atoms with Gasteiger partial charge in [0.15, 0.2) is 0 Å². The summed E-state index contributed by atoms with van der Waals surface area (Å²) in [5.41, 5.74) is 0. The van der Waals surface area contributed by atoms with E-state index in [1.54, 1.807) is 20.8 Å². The standard InChI is InChI=1S/C19H46N6O3/c1-17(26)14-24-11-10-22-7-6-20-4-5-21-8-9-23-12-13-25(15-18(2)27)16-19(3)28/h17-24,26-28H,4-16H2,1-3H3. The molecule has 0 spiro atoms. The van der Waals surface area contributed by atoms with Crippen molar-refractivity contribution >= 4 is 0 Å². The molecule has 9 heteroatoms. The van der Waals surface area contributed by atoms with E-state index in [1.807, 2.05) is 0 Å². The van der Waals surface area contributed by atoms with Crippen LogP contribution in [-0.4, -0.2) is 124 Å². The quantitative estimate of drug-likeness (QED) is 0.0968. The van der Waals surface area contributed by atoms with E-state index in [0.29, 0.717) is 19.6 Å². The van der Waals surface area contributed by atoms with Crippen molar-refractivity contribution in [3.63, 3.8) is 0 Å². The molecule has 0 saturated heterocycles. The van der Waals surface area contributed by atoms with Crippen molar-refractivity contribution in [2.45, 2.75) is 39.1 Å². The molecule has 0 aromatic heterocycles. The second kappa shape index (κ2) is 19.9. The molecular weight excluding hydrogens is 360 g/mol. The molecule has 0 fully saturated rings. The van der Waals surface area contributed by atoms with Crippen molar-refractivity contribution in [1.82, 2.24) is 31.5 Å². The van der Waals surface area contributed by atoms with E-state index in [4.69, 9.17) is 5.11 Å². The molecule has 0 aliphatic heterocycles. The molecule has 0 saturated carbocycles. The largest absolute Gasteiger partial charge is 0.392 e. The minimum Gasteiger partial charge on any atom is -0.392 e. The second-order valence-corrected chi connectivity index (χ2v) is 7.51. The third kappa shape index (κ3) is 21.9. The van der Waals surface area contributed by atoms with Gasteiger partial charge in [0.05, 0.1) is 18.3 Å². The molecular formula is C19H46N6O3. The number of hydrogen-bond acceptors (Lipinski definition) is 9. The van der Waals surface area contributed by atoms with Gasteiger partial charge in [-0.2, -0.15) is 0 Å². The summed E-state index contributed by atoms with van der Waals surface area (Å²) < 4.78 is 0. The highest BCUT2D eigenvalue weighted by molar-refractivity contribution is 4.66. The van der Waals surface area contributed by atoms with Crippen LogP contribution in [0.5, 0.6) is 0 Å². The van der Waals surface area contributed by atoms with Crippen LogP contribution in [0.25, 0.3) is 0 Å². The van der Waals surface area contributed by atoms with E-state index < -0.39 is 0 Å². The normalized spacial score (nSPS) is 15.1. The van der Waals surface area contributed by atoms with Gasteiger partial charge in [-0.15, -0.1) is 0 Å². The molecule has 9 nitrogen and oxygen atoms in total. The molecule has 0 rings (SSSR count). The van der Waals surface area contributed by atoms with Gasteiger partial charge in [-0.25, -0.2) is 0 Å². The molecule has 0 aliphatic rings. The van der Waals surface area contributed by atoms with Gasteiger partial charge in [0.25, 0.3) is 0 Å². The van der Waals surface area contributed by atoms with Crippen LogP contribution in [-0.2, 0) is 0 Å². The summed E-state index contributed by atoms with van der Waals surface area (Å²) in [6, 6.07) is 0. The van der Waals surface area contributed by atoms with Crippen LogP contribution in [0.15, 0.2) is 0 Å². The Labute approximate surface area is 171 Å². The third-order valence-corrected chi connectivity index (χ3v) is 4.00. The number of aliphatic hydroxyl groups is 3. The third-order valence-electron chi connectivity index (χ3n) is 4.00. The lowest BCUT2D eigenvalue weighted by Crippen LogP contribution is -2.41. The van der Waals surface area contributed by atoms with E-state index >= 15 is 0 Å². The molecule has 0 aromatic rings. The number of rotatable bonds is 21. The lowest BCUT2D eigenvalue weighted by Gasteiger charge is -2.25. The van der Waals surface area contributed by atoms with E-state index in [-0.39, 0.29) is 18.3 Å². The summed E-state index contributed by atoms with van der Waals surface area (Å²) in [4.78, 5) is 2.08. The Bertz CT molecular complexity index is 312. The van der Waals surface area contributed by atoms with Gasteiger partial charge in [0.2, 0.25) is 0 Å². The molecule has 3 atom stereocenters. The number of nitrogens with one attached hydrogen (secondary N) is 5. The van der Waals surface area contributed by atoms with Gasteiger partial charge >= 0.3 is 0 Å². The molecule has 0 radical (unpaired) electrons. The monoisotopic (exact) mass is 406 g/mol.